The zero-order valence-electron chi connectivity index (χ0n) is 9.91. The van der Waals surface area contributed by atoms with Crippen molar-refractivity contribution in [2.24, 2.45) is 0 Å². The minimum atomic E-state index is -0.0853. The Morgan fingerprint density at radius 1 is 1.39 bits per heavy atom. The topological polar surface area (TPSA) is 67.2 Å². The largest absolute Gasteiger partial charge is 0.392 e. The fraction of sp³-hybridized carbons (Fsp3) is 0.231. The average molecular weight is 245 g/mol. The van der Waals surface area contributed by atoms with Crippen molar-refractivity contribution in [3.8, 4) is 0 Å². The molecule has 0 fully saturated rings. The number of nitrogens with one attached hydrogen (secondary N) is 1. The van der Waals surface area contributed by atoms with E-state index in [1.165, 1.54) is 0 Å². The van der Waals surface area contributed by atoms with Crippen LogP contribution in [0.25, 0.3) is 0 Å². The second-order valence-electron chi connectivity index (χ2n) is 3.91. The molecule has 2 rings (SSSR count). The number of aliphatic hydroxyl groups is 1. The van der Waals surface area contributed by atoms with Crippen LogP contribution in [0.4, 0.5) is 5.69 Å². The summed E-state index contributed by atoms with van der Waals surface area (Å²) in [6.07, 6.45) is 5.54. The molecule has 2 aromatic rings. The number of aryl methyl sites for hydroxylation is 1. The molecule has 0 atom stereocenters. The molecule has 5 nitrogen and oxygen atoms in total. The molecule has 0 aliphatic rings. The predicted octanol–water partition coefficient (Wildman–Crippen LogP) is 1.40. The van der Waals surface area contributed by atoms with E-state index in [0.29, 0.717) is 24.2 Å². The molecule has 94 valence electrons. The number of rotatable bonds is 5. The number of benzene rings is 1. The first-order valence-corrected chi connectivity index (χ1v) is 5.74. The van der Waals surface area contributed by atoms with Gasteiger partial charge in [0, 0.05) is 36.6 Å². The highest BCUT2D eigenvalue weighted by molar-refractivity contribution is 5.91. The summed E-state index contributed by atoms with van der Waals surface area (Å²) in [7, 11) is 0. The molecule has 5 heteroatoms. The van der Waals surface area contributed by atoms with Gasteiger partial charge in [0.05, 0.1) is 12.9 Å². The second-order valence-corrected chi connectivity index (χ2v) is 3.91. The van der Waals surface area contributed by atoms with Gasteiger partial charge in [0.15, 0.2) is 0 Å². The van der Waals surface area contributed by atoms with Gasteiger partial charge in [-0.05, 0) is 6.07 Å². The van der Waals surface area contributed by atoms with Crippen molar-refractivity contribution in [1.29, 1.82) is 0 Å². The molecule has 0 saturated heterocycles. The molecule has 0 spiro atoms. The summed E-state index contributed by atoms with van der Waals surface area (Å²) in [5.41, 5.74) is 1.38. The SMILES string of the molecule is O=C(CCn1ccnc1)Nc1ccccc1CO. The summed E-state index contributed by atoms with van der Waals surface area (Å²) < 4.78 is 1.84. The number of amides is 1. The van der Waals surface area contributed by atoms with Gasteiger partial charge in [0.2, 0.25) is 5.91 Å². The van der Waals surface area contributed by atoms with Gasteiger partial charge in [-0.15, -0.1) is 0 Å². The molecule has 0 unspecified atom stereocenters. The summed E-state index contributed by atoms with van der Waals surface area (Å²) >= 11 is 0. The van der Waals surface area contributed by atoms with Gasteiger partial charge in [-0.25, -0.2) is 4.98 Å². The second kappa shape index (κ2) is 5.97. The fourth-order valence-electron chi connectivity index (χ4n) is 1.64. The molecule has 0 saturated carbocycles. The zero-order chi connectivity index (χ0) is 12.8. The average Bonchev–Trinajstić information content (AvgIpc) is 2.90. The van der Waals surface area contributed by atoms with E-state index in [2.05, 4.69) is 10.3 Å². The summed E-state index contributed by atoms with van der Waals surface area (Å²) in [5, 5.41) is 11.9. The molecular weight excluding hydrogens is 230 g/mol. The number of hydrogen-bond acceptors (Lipinski definition) is 3. The van der Waals surface area contributed by atoms with Crippen molar-refractivity contribution in [2.75, 3.05) is 5.32 Å². The predicted molar refractivity (Wildman–Crippen MR) is 67.8 cm³/mol. The highest BCUT2D eigenvalue weighted by atomic mass is 16.3. The number of hydrogen-bond donors (Lipinski definition) is 2. The van der Waals surface area contributed by atoms with Gasteiger partial charge >= 0.3 is 0 Å². The molecule has 2 N–H and O–H groups in total. The number of aromatic nitrogens is 2. The Kier molecular flexibility index (Phi) is 4.09. The Morgan fingerprint density at radius 2 is 2.22 bits per heavy atom. The molecule has 18 heavy (non-hydrogen) atoms. The van der Waals surface area contributed by atoms with E-state index in [-0.39, 0.29) is 12.5 Å². The third kappa shape index (κ3) is 3.18. The van der Waals surface area contributed by atoms with Crippen LogP contribution in [0.2, 0.25) is 0 Å². The van der Waals surface area contributed by atoms with Crippen LogP contribution >= 0.6 is 0 Å². The maximum Gasteiger partial charge on any atom is 0.226 e. The molecule has 1 heterocycles. The summed E-state index contributed by atoms with van der Waals surface area (Å²) in [4.78, 5) is 15.7. The molecular formula is C13H15N3O2. The van der Waals surface area contributed by atoms with Crippen LogP contribution in [0.3, 0.4) is 0 Å². The van der Waals surface area contributed by atoms with E-state index in [1.807, 2.05) is 22.9 Å². The number of nitrogens with zero attached hydrogens (tertiary/aromatic N) is 2. The van der Waals surface area contributed by atoms with Crippen LogP contribution in [0.5, 0.6) is 0 Å². The molecule has 0 bridgehead atoms. The number of imidazole rings is 1. The van der Waals surface area contributed by atoms with Gasteiger partial charge in [0.25, 0.3) is 0 Å². The smallest absolute Gasteiger partial charge is 0.226 e. The van der Waals surface area contributed by atoms with Crippen molar-refractivity contribution < 1.29 is 9.90 Å². The summed E-state index contributed by atoms with van der Waals surface area (Å²) in [6.45, 7) is 0.505. The Hall–Kier alpha value is -2.14. The first-order valence-electron chi connectivity index (χ1n) is 5.74. The monoisotopic (exact) mass is 245 g/mol. The lowest BCUT2D eigenvalue weighted by Gasteiger charge is -2.09. The Bertz CT molecular complexity index is 509. The summed E-state index contributed by atoms with van der Waals surface area (Å²) in [5.74, 6) is -0.0791. The minimum Gasteiger partial charge on any atom is -0.392 e. The fourth-order valence-corrected chi connectivity index (χ4v) is 1.64. The van der Waals surface area contributed by atoms with E-state index in [1.54, 1.807) is 24.7 Å². The Balaban J connectivity index is 1.90. The Morgan fingerprint density at radius 3 is 2.94 bits per heavy atom. The van der Waals surface area contributed by atoms with Crippen LogP contribution in [0, 0.1) is 0 Å². The van der Waals surface area contributed by atoms with Crippen molar-refractivity contribution in [1.82, 2.24) is 9.55 Å². The van der Waals surface area contributed by atoms with Gasteiger partial charge in [0.1, 0.15) is 0 Å². The number of carbonyl (C=O) groups excluding carboxylic acids is 1. The molecule has 1 aromatic carbocycles. The van der Waals surface area contributed by atoms with Crippen LogP contribution in [-0.4, -0.2) is 20.6 Å². The number of para-hydroxylation sites is 1. The lowest BCUT2D eigenvalue weighted by atomic mass is 10.2. The third-order valence-corrected chi connectivity index (χ3v) is 2.62. The maximum absolute atomic E-state index is 11.7. The minimum absolute atomic E-state index is 0.0791. The van der Waals surface area contributed by atoms with Gasteiger partial charge in [-0.2, -0.15) is 0 Å². The maximum atomic E-state index is 11.7. The standard InChI is InChI=1S/C13H15N3O2/c17-9-11-3-1-2-4-12(11)15-13(18)5-7-16-8-6-14-10-16/h1-4,6,8,10,17H,5,7,9H2,(H,15,18). The van der Waals surface area contributed by atoms with E-state index < -0.39 is 0 Å². The van der Waals surface area contributed by atoms with E-state index in [9.17, 15) is 4.79 Å². The highest BCUT2D eigenvalue weighted by Crippen LogP contribution is 2.14. The van der Waals surface area contributed by atoms with Gasteiger partial charge < -0.3 is 15.0 Å². The lowest BCUT2D eigenvalue weighted by molar-refractivity contribution is -0.116. The Labute approximate surface area is 105 Å². The normalized spacial score (nSPS) is 10.3. The van der Waals surface area contributed by atoms with Crippen molar-refractivity contribution >= 4 is 11.6 Å². The van der Waals surface area contributed by atoms with Gasteiger partial charge in [-0.1, -0.05) is 18.2 Å². The highest BCUT2D eigenvalue weighted by Gasteiger charge is 2.05. The van der Waals surface area contributed by atoms with Crippen LogP contribution < -0.4 is 5.32 Å². The summed E-state index contributed by atoms with van der Waals surface area (Å²) in [6, 6.07) is 7.21. The molecule has 0 radical (unpaired) electrons. The van der Waals surface area contributed by atoms with Gasteiger partial charge in [-0.3, -0.25) is 4.79 Å². The van der Waals surface area contributed by atoms with Crippen LogP contribution in [0.15, 0.2) is 43.0 Å². The molecule has 1 amide bonds. The quantitative estimate of drug-likeness (QED) is 0.836. The number of anilines is 1. The first-order chi connectivity index (χ1) is 8.79. The number of aliphatic hydroxyl groups excluding tert-OH is 1. The van der Waals surface area contributed by atoms with E-state index in [0.717, 1.165) is 0 Å². The molecule has 0 aliphatic carbocycles. The molecule has 1 aromatic heterocycles. The molecule has 0 aliphatic heterocycles. The first kappa shape index (κ1) is 12.3. The van der Waals surface area contributed by atoms with E-state index >= 15 is 0 Å². The van der Waals surface area contributed by atoms with E-state index in [4.69, 9.17) is 5.11 Å². The third-order valence-electron chi connectivity index (χ3n) is 2.62. The van der Waals surface area contributed by atoms with Crippen molar-refractivity contribution in [2.45, 2.75) is 19.6 Å². The van der Waals surface area contributed by atoms with Crippen LogP contribution in [-0.2, 0) is 17.9 Å². The number of carbonyl (C=O) groups is 1. The zero-order valence-corrected chi connectivity index (χ0v) is 9.91. The van der Waals surface area contributed by atoms with Crippen molar-refractivity contribution in [3.05, 3.63) is 48.5 Å². The lowest BCUT2D eigenvalue weighted by Crippen LogP contribution is -2.15. The van der Waals surface area contributed by atoms with Crippen molar-refractivity contribution in [3.63, 3.8) is 0 Å². The van der Waals surface area contributed by atoms with Crippen LogP contribution in [0.1, 0.15) is 12.0 Å².